The third kappa shape index (κ3) is 4.76. The number of piperidine rings is 1. The predicted molar refractivity (Wildman–Crippen MR) is 120 cm³/mol. The van der Waals surface area contributed by atoms with Crippen LogP contribution in [-0.2, 0) is 0 Å². The van der Waals surface area contributed by atoms with Gasteiger partial charge in [0.1, 0.15) is 5.69 Å². The molecule has 1 amide bonds. The molecule has 4 rings (SSSR count). The summed E-state index contributed by atoms with van der Waals surface area (Å²) in [7, 11) is 0. The first kappa shape index (κ1) is 20.6. The second kappa shape index (κ2) is 9.02. The van der Waals surface area contributed by atoms with Crippen molar-refractivity contribution in [3.05, 3.63) is 45.4 Å². The van der Waals surface area contributed by atoms with E-state index in [2.05, 4.69) is 34.7 Å². The molecular formula is C22H29ClN4OS. The van der Waals surface area contributed by atoms with Crippen LogP contribution in [0.4, 0.5) is 5.69 Å². The van der Waals surface area contributed by atoms with Crippen LogP contribution in [0, 0.1) is 0 Å². The number of piperazine rings is 1. The first-order valence-electron chi connectivity index (χ1n) is 10.5. The van der Waals surface area contributed by atoms with E-state index in [0.717, 1.165) is 62.1 Å². The Balaban J connectivity index is 1.34. The highest BCUT2D eigenvalue weighted by Crippen LogP contribution is 2.25. The Morgan fingerprint density at radius 2 is 2.00 bits per heavy atom. The summed E-state index contributed by atoms with van der Waals surface area (Å²) >= 11 is 7.74. The van der Waals surface area contributed by atoms with Crippen LogP contribution in [0.5, 0.6) is 0 Å². The Kier molecular flexibility index (Phi) is 6.42. The number of thiazole rings is 1. The Bertz CT molecular complexity index is 847. The van der Waals surface area contributed by atoms with Gasteiger partial charge in [0.05, 0.1) is 5.01 Å². The molecule has 1 aromatic heterocycles. The molecule has 1 aromatic carbocycles. The third-order valence-electron chi connectivity index (χ3n) is 5.92. The molecule has 0 radical (unpaired) electrons. The number of halogens is 1. The number of carbonyl (C=O) groups excluding carboxylic acids is 1. The van der Waals surface area contributed by atoms with Gasteiger partial charge in [0.15, 0.2) is 0 Å². The minimum Gasteiger partial charge on any atom is -0.369 e. The first-order valence-corrected chi connectivity index (χ1v) is 11.8. The summed E-state index contributed by atoms with van der Waals surface area (Å²) in [6.45, 7) is 9.92. The molecule has 0 aliphatic carbocycles. The van der Waals surface area contributed by atoms with Gasteiger partial charge in [0.2, 0.25) is 0 Å². The lowest BCUT2D eigenvalue weighted by atomic mass is 10.0. The van der Waals surface area contributed by atoms with Crippen molar-refractivity contribution in [1.82, 2.24) is 14.8 Å². The van der Waals surface area contributed by atoms with E-state index in [1.54, 1.807) is 11.3 Å². The van der Waals surface area contributed by atoms with Gasteiger partial charge in [-0.3, -0.25) is 9.69 Å². The van der Waals surface area contributed by atoms with Gasteiger partial charge in [-0.2, -0.15) is 0 Å². The molecule has 2 aliphatic heterocycles. The van der Waals surface area contributed by atoms with Crippen molar-refractivity contribution in [2.24, 2.45) is 0 Å². The van der Waals surface area contributed by atoms with Crippen LogP contribution in [-0.4, -0.2) is 66.0 Å². The molecule has 2 aliphatic rings. The summed E-state index contributed by atoms with van der Waals surface area (Å²) in [5.41, 5.74) is 1.81. The van der Waals surface area contributed by atoms with Crippen LogP contribution in [0.3, 0.4) is 0 Å². The topological polar surface area (TPSA) is 39.7 Å². The maximum absolute atomic E-state index is 13.0. The second-order valence-corrected chi connectivity index (χ2v) is 9.60. The van der Waals surface area contributed by atoms with E-state index in [-0.39, 0.29) is 5.91 Å². The van der Waals surface area contributed by atoms with Gasteiger partial charge in [0, 0.05) is 67.3 Å². The number of benzene rings is 1. The Morgan fingerprint density at radius 1 is 1.21 bits per heavy atom. The number of hydrogen-bond donors (Lipinski definition) is 0. The standard InChI is InChI=1S/C22H29ClN4OS/c1-16(2)21-24-20(15-29-21)22(28)27-8-4-7-19(14-27)26-11-9-25(10-12-26)18-6-3-5-17(23)13-18/h3,5-6,13,15-16,19H,4,7-12,14H2,1-2H3/t19-/m1/s1. The van der Waals surface area contributed by atoms with Gasteiger partial charge >= 0.3 is 0 Å². The lowest BCUT2D eigenvalue weighted by Crippen LogP contribution is -2.55. The Morgan fingerprint density at radius 3 is 2.69 bits per heavy atom. The van der Waals surface area contributed by atoms with Crippen molar-refractivity contribution in [3.8, 4) is 0 Å². The number of carbonyl (C=O) groups is 1. The molecule has 0 bridgehead atoms. The van der Waals surface area contributed by atoms with Gasteiger partial charge in [-0.25, -0.2) is 4.98 Å². The lowest BCUT2D eigenvalue weighted by molar-refractivity contribution is 0.0559. The number of hydrogen-bond acceptors (Lipinski definition) is 5. The van der Waals surface area contributed by atoms with E-state index in [1.807, 2.05) is 28.5 Å². The third-order valence-corrected chi connectivity index (χ3v) is 7.30. The van der Waals surface area contributed by atoms with Crippen molar-refractivity contribution in [1.29, 1.82) is 0 Å². The summed E-state index contributed by atoms with van der Waals surface area (Å²) in [5.74, 6) is 0.460. The molecule has 2 saturated heterocycles. The summed E-state index contributed by atoms with van der Waals surface area (Å²) in [6, 6.07) is 8.54. The van der Waals surface area contributed by atoms with E-state index in [4.69, 9.17) is 11.6 Å². The van der Waals surface area contributed by atoms with Crippen molar-refractivity contribution in [2.75, 3.05) is 44.2 Å². The summed E-state index contributed by atoms with van der Waals surface area (Å²) in [4.78, 5) is 24.5. The number of anilines is 1. The van der Waals surface area contributed by atoms with Crippen LogP contribution in [0.15, 0.2) is 29.6 Å². The zero-order chi connectivity index (χ0) is 20.4. The Hall–Kier alpha value is -1.63. The molecule has 3 heterocycles. The SMILES string of the molecule is CC(C)c1nc(C(=O)N2CCC[C@@H](N3CCN(c4cccc(Cl)c4)CC3)C2)cs1. The van der Waals surface area contributed by atoms with E-state index < -0.39 is 0 Å². The molecule has 2 fully saturated rings. The van der Waals surface area contributed by atoms with E-state index >= 15 is 0 Å². The predicted octanol–water partition coefficient (Wildman–Crippen LogP) is 4.35. The normalized spacial score (nSPS) is 21.0. The average molecular weight is 433 g/mol. The Labute approximate surface area is 182 Å². The van der Waals surface area contributed by atoms with Crippen molar-refractivity contribution < 1.29 is 4.79 Å². The van der Waals surface area contributed by atoms with E-state index in [1.165, 1.54) is 5.69 Å². The molecule has 1 atom stereocenters. The van der Waals surface area contributed by atoms with Gasteiger partial charge < -0.3 is 9.80 Å². The summed E-state index contributed by atoms with van der Waals surface area (Å²) < 4.78 is 0. The maximum Gasteiger partial charge on any atom is 0.273 e. The van der Waals surface area contributed by atoms with Gasteiger partial charge in [-0.15, -0.1) is 11.3 Å². The fraction of sp³-hybridized carbons (Fsp3) is 0.545. The zero-order valence-corrected chi connectivity index (χ0v) is 18.8. The number of amides is 1. The van der Waals surface area contributed by atoms with Crippen LogP contribution in [0.2, 0.25) is 5.02 Å². The van der Waals surface area contributed by atoms with Crippen molar-refractivity contribution in [3.63, 3.8) is 0 Å². The monoisotopic (exact) mass is 432 g/mol. The largest absolute Gasteiger partial charge is 0.369 e. The molecule has 0 saturated carbocycles. The number of aromatic nitrogens is 1. The highest BCUT2D eigenvalue weighted by atomic mass is 35.5. The molecule has 2 aromatic rings. The highest BCUT2D eigenvalue weighted by Gasteiger charge is 2.31. The first-order chi connectivity index (χ1) is 14.0. The lowest BCUT2D eigenvalue weighted by Gasteiger charge is -2.43. The van der Waals surface area contributed by atoms with Crippen LogP contribution in [0.1, 0.15) is 48.1 Å². The summed E-state index contributed by atoms with van der Waals surface area (Å²) in [5, 5.41) is 3.75. The minimum atomic E-state index is 0.0930. The smallest absolute Gasteiger partial charge is 0.273 e. The van der Waals surface area contributed by atoms with E-state index in [0.29, 0.717) is 17.7 Å². The molecule has 29 heavy (non-hydrogen) atoms. The van der Waals surface area contributed by atoms with E-state index in [9.17, 15) is 4.79 Å². The van der Waals surface area contributed by atoms with Crippen LogP contribution >= 0.6 is 22.9 Å². The molecule has 0 unspecified atom stereocenters. The van der Waals surface area contributed by atoms with Gasteiger partial charge in [0.25, 0.3) is 5.91 Å². The van der Waals surface area contributed by atoms with Gasteiger partial charge in [-0.05, 0) is 31.0 Å². The number of likely N-dealkylation sites (tertiary alicyclic amines) is 1. The minimum absolute atomic E-state index is 0.0930. The van der Waals surface area contributed by atoms with Crippen LogP contribution < -0.4 is 4.90 Å². The fourth-order valence-corrected chi connectivity index (χ4v) is 5.26. The molecule has 5 nitrogen and oxygen atoms in total. The summed E-state index contributed by atoms with van der Waals surface area (Å²) in [6.07, 6.45) is 2.22. The van der Waals surface area contributed by atoms with Crippen molar-refractivity contribution >= 4 is 34.5 Å². The van der Waals surface area contributed by atoms with Crippen molar-refractivity contribution in [2.45, 2.75) is 38.6 Å². The highest BCUT2D eigenvalue weighted by molar-refractivity contribution is 7.09. The average Bonchev–Trinajstić information content (AvgIpc) is 3.24. The fourth-order valence-electron chi connectivity index (χ4n) is 4.27. The van der Waals surface area contributed by atoms with Gasteiger partial charge in [-0.1, -0.05) is 31.5 Å². The second-order valence-electron chi connectivity index (χ2n) is 8.28. The molecule has 0 N–H and O–H groups in total. The van der Waals surface area contributed by atoms with Crippen LogP contribution in [0.25, 0.3) is 0 Å². The molecule has 156 valence electrons. The number of nitrogens with zero attached hydrogens (tertiary/aromatic N) is 4. The zero-order valence-electron chi connectivity index (χ0n) is 17.2. The molecule has 0 spiro atoms. The molecule has 7 heteroatoms. The number of rotatable bonds is 4. The quantitative estimate of drug-likeness (QED) is 0.720. The molecular weight excluding hydrogens is 404 g/mol. The maximum atomic E-state index is 13.0.